The van der Waals surface area contributed by atoms with Crippen LogP contribution in [0.1, 0.15) is 19.4 Å². The standard InChI is InChI=1S/C13H19BrFN3.HI/c1-9(2)7-17-13(16-3)18-8-10-4-5-11(14)12(15)6-10;/h4-6,9H,7-8H2,1-3H3,(H2,16,17,18);1H. The van der Waals surface area contributed by atoms with Gasteiger partial charge in [0.1, 0.15) is 5.82 Å². The lowest BCUT2D eigenvalue weighted by atomic mass is 10.2. The van der Waals surface area contributed by atoms with Gasteiger partial charge in [0.05, 0.1) is 4.47 Å². The molecule has 0 atom stereocenters. The van der Waals surface area contributed by atoms with Crippen LogP contribution in [0.5, 0.6) is 0 Å². The van der Waals surface area contributed by atoms with Crippen LogP contribution in [0.25, 0.3) is 0 Å². The number of rotatable bonds is 4. The highest BCUT2D eigenvalue weighted by atomic mass is 127. The summed E-state index contributed by atoms with van der Waals surface area (Å²) < 4.78 is 13.8. The van der Waals surface area contributed by atoms with E-state index in [2.05, 4.69) is 45.4 Å². The number of hydrogen-bond acceptors (Lipinski definition) is 1. The highest BCUT2D eigenvalue weighted by molar-refractivity contribution is 14.0. The zero-order valence-corrected chi connectivity index (χ0v) is 15.3. The van der Waals surface area contributed by atoms with E-state index in [1.807, 2.05) is 6.07 Å². The molecule has 3 nitrogen and oxygen atoms in total. The molecule has 108 valence electrons. The van der Waals surface area contributed by atoms with E-state index in [4.69, 9.17) is 0 Å². The Morgan fingerprint density at radius 1 is 1.37 bits per heavy atom. The number of nitrogens with zero attached hydrogens (tertiary/aromatic N) is 1. The summed E-state index contributed by atoms with van der Waals surface area (Å²) in [6, 6.07) is 5.08. The second kappa shape index (κ2) is 9.52. The van der Waals surface area contributed by atoms with Crippen molar-refractivity contribution in [3.05, 3.63) is 34.1 Å². The largest absolute Gasteiger partial charge is 0.356 e. The van der Waals surface area contributed by atoms with Crippen LogP contribution in [0.2, 0.25) is 0 Å². The van der Waals surface area contributed by atoms with Crippen molar-refractivity contribution in [1.29, 1.82) is 0 Å². The van der Waals surface area contributed by atoms with Gasteiger partial charge in [0.25, 0.3) is 0 Å². The van der Waals surface area contributed by atoms with E-state index in [9.17, 15) is 4.39 Å². The molecule has 6 heteroatoms. The van der Waals surface area contributed by atoms with Gasteiger partial charge in [-0.3, -0.25) is 4.99 Å². The molecular weight excluding hydrogens is 424 g/mol. The lowest BCUT2D eigenvalue weighted by molar-refractivity contribution is 0.611. The van der Waals surface area contributed by atoms with Crippen molar-refractivity contribution >= 4 is 45.9 Å². The van der Waals surface area contributed by atoms with Crippen molar-refractivity contribution in [3.63, 3.8) is 0 Å². The van der Waals surface area contributed by atoms with Crippen LogP contribution in [0.15, 0.2) is 27.7 Å². The number of halogens is 3. The van der Waals surface area contributed by atoms with Crippen molar-refractivity contribution < 1.29 is 4.39 Å². The molecule has 1 rings (SSSR count). The quantitative estimate of drug-likeness (QED) is 0.424. The number of aliphatic imine (C=N–C) groups is 1. The minimum absolute atomic E-state index is 0. The monoisotopic (exact) mass is 443 g/mol. The summed E-state index contributed by atoms with van der Waals surface area (Å²) in [6.07, 6.45) is 0. The molecule has 0 unspecified atom stereocenters. The molecule has 0 spiro atoms. The maximum Gasteiger partial charge on any atom is 0.191 e. The first-order chi connectivity index (χ1) is 8.52. The van der Waals surface area contributed by atoms with Crippen LogP contribution in [-0.4, -0.2) is 19.6 Å². The van der Waals surface area contributed by atoms with E-state index < -0.39 is 0 Å². The Kier molecular flexibility index (Phi) is 9.34. The molecule has 0 aliphatic heterocycles. The van der Waals surface area contributed by atoms with Gasteiger partial charge in [0.2, 0.25) is 0 Å². The summed E-state index contributed by atoms with van der Waals surface area (Å²) in [4.78, 5) is 4.11. The second-order valence-corrected chi connectivity index (χ2v) is 5.30. The molecule has 0 aromatic heterocycles. The Balaban J connectivity index is 0.00000324. The highest BCUT2D eigenvalue weighted by Gasteiger charge is 2.02. The van der Waals surface area contributed by atoms with Crippen LogP contribution < -0.4 is 10.6 Å². The van der Waals surface area contributed by atoms with Crippen LogP contribution >= 0.6 is 39.9 Å². The summed E-state index contributed by atoms with van der Waals surface area (Å²) >= 11 is 3.13. The summed E-state index contributed by atoms with van der Waals surface area (Å²) in [5.74, 6) is 1.03. The lowest BCUT2D eigenvalue weighted by Gasteiger charge is -2.13. The van der Waals surface area contributed by atoms with Gasteiger partial charge >= 0.3 is 0 Å². The van der Waals surface area contributed by atoms with Gasteiger partial charge < -0.3 is 10.6 Å². The molecule has 0 saturated heterocycles. The first kappa shape index (κ1) is 18.6. The predicted molar refractivity (Wildman–Crippen MR) is 92.6 cm³/mol. The molecule has 19 heavy (non-hydrogen) atoms. The number of benzene rings is 1. The van der Waals surface area contributed by atoms with E-state index in [-0.39, 0.29) is 29.8 Å². The smallest absolute Gasteiger partial charge is 0.191 e. The van der Waals surface area contributed by atoms with Crippen molar-refractivity contribution in [2.45, 2.75) is 20.4 Å². The summed E-state index contributed by atoms with van der Waals surface area (Å²) in [7, 11) is 1.72. The van der Waals surface area contributed by atoms with Crippen molar-refractivity contribution in [2.75, 3.05) is 13.6 Å². The molecule has 0 amide bonds. The minimum Gasteiger partial charge on any atom is -0.356 e. The van der Waals surface area contributed by atoms with Gasteiger partial charge in [-0.1, -0.05) is 19.9 Å². The summed E-state index contributed by atoms with van der Waals surface area (Å²) in [5.41, 5.74) is 0.878. The number of hydrogen-bond donors (Lipinski definition) is 2. The average molecular weight is 444 g/mol. The predicted octanol–water partition coefficient (Wildman–Crippen LogP) is 3.53. The molecule has 0 aliphatic rings. The SMILES string of the molecule is CN=C(NCc1ccc(Br)c(F)c1)NCC(C)C.I. The number of guanidine groups is 1. The van der Waals surface area contributed by atoms with E-state index in [0.29, 0.717) is 16.9 Å². The fourth-order valence-electron chi connectivity index (χ4n) is 1.36. The van der Waals surface area contributed by atoms with Gasteiger partial charge in [-0.05, 0) is 39.5 Å². The van der Waals surface area contributed by atoms with Gasteiger partial charge in [-0.15, -0.1) is 24.0 Å². The first-order valence-corrected chi connectivity index (χ1v) is 6.70. The Labute approximate surface area is 139 Å². The molecule has 2 N–H and O–H groups in total. The minimum atomic E-state index is -0.251. The molecule has 1 aromatic rings. The zero-order chi connectivity index (χ0) is 13.5. The van der Waals surface area contributed by atoms with Gasteiger partial charge in [-0.2, -0.15) is 0 Å². The first-order valence-electron chi connectivity index (χ1n) is 5.91. The van der Waals surface area contributed by atoms with Crippen LogP contribution in [0, 0.1) is 11.7 Å². The average Bonchev–Trinajstić information content (AvgIpc) is 2.33. The summed E-state index contributed by atoms with van der Waals surface area (Å²) in [6.45, 7) is 5.66. The van der Waals surface area contributed by atoms with Crippen molar-refractivity contribution in [3.8, 4) is 0 Å². The maximum atomic E-state index is 13.3. The van der Waals surface area contributed by atoms with E-state index >= 15 is 0 Å². The maximum absolute atomic E-state index is 13.3. The van der Waals surface area contributed by atoms with E-state index in [0.717, 1.165) is 18.1 Å². The molecule has 0 radical (unpaired) electrons. The zero-order valence-electron chi connectivity index (χ0n) is 11.3. The van der Waals surface area contributed by atoms with Crippen LogP contribution in [0.3, 0.4) is 0 Å². The van der Waals surface area contributed by atoms with Crippen molar-refractivity contribution in [2.24, 2.45) is 10.9 Å². The number of nitrogens with one attached hydrogen (secondary N) is 2. The van der Waals surface area contributed by atoms with Crippen LogP contribution in [0.4, 0.5) is 4.39 Å². The Morgan fingerprint density at radius 2 is 2.05 bits per heavy atom. The third kappa shape index (κ3) is 7.10. The molecule has 0 bridgehead atoms. The molecule has 0 aliphatic carbocycles. The fourth-order valence-corrected chi connectivity index (χ4v) is 1.60. The lowest BCUT2D eigenvalue weighted by Crippen LogP contribution is -2.38. The van der Waals surface area contributed by atoms with Gasteiger partial charge in [0, 0.05) is 20.1 Å². The van der Waals surface area contributed by atoms with Gasteiger partial charge in [0.15, 0.2) is 5.96 Å². The topological polar surface area (TPSA) is 36.4 Å². The fraction of sp³-hybridized carbons (Fsp3) is 0.462. The Morgan fingerprint density at radius 3 is 2.58 bits per heavy atom. The third-order valence-corrected chi connectivity index (χ3v) is 2.99. The third-order valence-electron chi connectivity index (χ3n) is 2.35. The summed E-state index contributed by atoms with van der Waals surface area (Å²) in [5, 5.41) is 6.35. The molecule has 0 heterocycles. The van der Waals surface area contributed by atoms with Gasteiger partial charge in [-0.25, -0.2) is 4.39 Å². The Hall–Kier alpha value is -0.370. The molecule has 0 saturated carbocycles. The van der Waals surface area contributed by atoms with Crippen LogP contribution in [-0.2, 0) is 6.54 Å². The molecule has 0 fully saturated rings. The highest BCUT2D eigenvalue weighted by Crippen LogP contribution is 2.16. The van der Waals surface area contributed by atoms with E-state index in [1.54, 1.807) is 13.1 Å². The molecular formula is C13H20BrFIN3. The normalized spacial score (nSPS) is 11.2. The molecule has 1 aromatic carbocycles. The Bertz CT molecular complexity index is 424. The van der Waals surface area contributed by atoms with Crippen molar-refractivity contribution in [1.82, 2.24) is 10.6 Å². The van der Waals surface area contributed by atoms with E-state index in [1.165, 1.54) is 6.07 Å². The second-order valence-electron chi connectivity index (χ2n) is 4.45.